The summed E-state index contributed by atoms with van der Waals surface area (Å²) in [5, 5.41) is 11.1. The number of halogens is 1. The molecule has 2 aromatic rings. The molecule has 174 valence electrons. The highest BCUT2D eigenvalue weighted by Crippen LogP contribution is 2.40. The number of aliphatic hydroxyl groups is 1. The lowest BCUT2D eigenvalue weighted by Crippen LogP contribution is -2.78. The summed E-state index contributed by atoms with van der Waals surface area (Å²) in [4.78, 5) is 32.0. The Hall–Kier alpha value is -2.45. The van der Waals surface area contributed by atoms with Crippen molar-refractivity contribution in [3.63, 3.8) is 0 Å². The zero-order valence-electron chi connectivity index (χ0n) is 18.6. The Morgan fingerprint density at radius 3 is 2.61 bits per heavy atom. The number of esters is 1. The van der Waals surface area contributed by atoms with Gasteiger partial charge >= 0.3 is 5.97 Å². The average molecular weight is 470 g/mol. The minimum absolute atomic E-state index is 0.0885. The minimum Gasteiger partial charge on any atom is -0.465 e. The number of ether oxygens (including phenoxy) is 1. The summed E-state index contributed by atoms with van der Waals surface area (Å²) < 4.78 is 4.80. The van der Waals surface area contributed by atoms with Crippen LogP contribution in [0.15, 0.2) is 48.5 Å². The quantitative estimate of drug-likeness (QED) is 0.692. The molecule has 0 saturated carbocycles. The molecule has 3 saturated heterocycles. The normalized spacial score (nSPS) is 24.4. The molecule has 3 fully saturated rings. The van der Waals surface area contributed by atoms with Crippen molar-refractivity contribution >= 4 is 23.5 Å². The van der Waals surface area contributed by atoms with Crippen LogP contribution in [0.1, 0.15) is 32.7 Å². The van der Waals surface area contributed by atoms with E-state index < -0.39 is 5.97 Å². The number of methoxy groups -OCH3 is 1. The maximum Gasteiger partial charge on any atom is 0.337 e. The molecule has 0 radical (unpaired) electrons. The number of likely N-dealkylation sites (tertiary alicyclic amines) is 1. The molecule has 1 amide bonds. The molecule has 2 atom stereocenters. The number of carbonyl (C=O) groups excluding carboxylic acids is 2. The molecule has 5 rings (SSSR count). The molecule has 3 aliphatic heterocycles. The first-order valence-electron chi connectivity index (χ1n) is 11.3. The van der Waals surface area contributed by atoms with Gasteiger partial charge in [-0.25, -0.2) is 4.79 Å². The molecule has 3 heterocycles. The zero-order chi connectivity index (χ0) is 23.2. The topological polar surface area (TPSA) is 73.3 Å². The molecule has 1 spiro atoms. The fraction of sp³-hybridized carbons (Fsp3) is 0.440. The van der Waals surface area contributed by atoms with Crippen molar-refractivity contribution in [2.75, 3.05) is 39.8 Å². The number of nitrogens with zero attached hydrogens (tertiary/aromatic N) is 3. The van der Waals surface area contributed by atoms with E-state index in [1.54, 1.807) is 24.3 Å². The smallest absolute Gasteiger partial charge is 0.337 e. The highest BCUT2D eigenvalue weighted by atomic mass is 35.5. The number of hydrogen-bond acceptors (Lipinski definition) is 6. The number of amides is 1. The van der Waals surface area contributed by atoms with Gasteiger partial charge in [0.1, 0.15) is 0 Å². The van der Waals surface area contributed by atoms with E-state index in [1.807, 2.05) is 23.1 Å². The van der Waals surface area contributed by atoms with E-state index in [4.69, 9.17) is 16.3 Å². The fourth-order valence-electron chi connectivity index (χ4n) is 5.72. The fourth-order valence-corrected chi connectivity index (χ4v) is 5.93. The molecule has 1 N–H and O–H groups in total. The molecule has 7 nitrogen and oxygen atoms in total. The molecular weight excluding hydrogens is 442 g/mol. The van der Waals surface area contributed by atoms with Crippen molar-refractivity contribution in [2.24, 2.45) is 0 Å². The number of carbonyl (C=O) groups is 2. The van der Waals surface area contributed by atoms with Gasteiger partial charge < -0.3 is 14.7 Å². The van der Waals surface area contributed by atoms with Crippen LogP contribution in [0.25, 0.3) is 0 Å². The van der Waals surface area contributed by atoms with Gasteiger partial charge in [-0.15, -0.1) is 0 Å². The van der Waals surface area contributed by atoms with Crippen molar-refractivity contribution in [3.8, 4) is 0 Å². The third-order valence-corrected chi connectivity index (χ3v) is 7.30. The number of rotatable bonds is 4. The van der Waals surface area contributed by atoms with Crippen LogP contribution in [-0.2, 0) is 11.3 Å². The number of benzene rings is 2. The first kappa shape index (κ1) is 22.3. The van der Waals surface area contributed by atoms with Gasteiger partial charge in [0.15, 0.2) is 0 Å². The lowest BCUT2D eigenvalue weighted by atomic mass is 9.83. The Labute approximate surface area is 198 Å². The van der Waals surface area contributed by atoms with Gasteiger partial charge in [-0.05, 0) is 42.3 Å². The van der Waals surface area contributed by atoms with Gasteiger partial charge in [0.25, 0.3) is 5.91 Å². The van der Waals surface area contributed by atoms with E-state index in [0.717, 1.165) is 24.7 Å². The molecule has 0 aromatic heterocycles. The summed E-state index contributed by atoms with van der Waals surface area (Å²) in [5.74, 6) is -0.546. The molecule has 0 aliphatic carbocycles. The summed E-state index contributed by atoms with van der Waals surface area (Å²) in [5.41, 5.74) is 1.84. The maximum absolute atomic E-state index is 13.4. The average Bonchev–Trinajstić information content (AvgIpc) is 3.17. The second-order valence-electron chi connectivity index (χ2n) is 9.45. The van der Waals surface area contributed by atoms with E-state index >= 15 is 0 Å². The van der Waals surface area contributed by atoms with Gasteiger partial charge in [-0.1, -0.05) is 29.8 Å². The SMILES string of the molecule is COC(=O)c1cccc(C(=O)N2CC3CC(O)CN3C3(CN(Cc4cccc(Cl)c4)C3)C2)c1. The van der Waals surface area contributed by atoms with E-state index in [2.05, 4.69) is 15.9 Å². The Morgan fingerprint density at radius 1 is 1.09 bits per heavy atom. The van der Waals surface area contributed by atoms with Crippen LogP contribution in [0.2, 0.25) is 5.02 Å². The van der Waals surface area contributed by atoms with Gasteiger partial charge in [0.05, 0.1) is 24.3 Å². The second kappa shape index (κ2) is 8.72. The van der Waals surface area contributed by atoms with Crippen molar-refractivity contribution in [2.45, 2.75) is 30.7 Å². The highest BCUT2D eigenvalue weighted by molar-refractivity contribution is 6.30. The summed E-state index contributed by atoms with van der Waals surface area (Å²) >= 11 is 6.15. The molecule has 33 heavy (non-hydrogen) atoms. The van der Waals surface area contributed by atoms with Crippen LogP contribution in [-0.4, -0.2) is 89.2 Å². The van der Waals surface area contributed by atoms with Crippen molar-refractivity contribution in [1.82, 2.24) is 14.7 Å². The predicted molar refractivity (Wildman–Crippen MR) is 124 cm³/mol. The second-order valence-corrected chi connectivity index (χ2v) is 9.89. The first-order chi connectivity index (χ1) is 15.9. The lowest BCUT2D eigenvalue weighted by molar-refractivity contribution is -0.108. The maximum atomic E-state index is 13.4. The molecule has 8 heteroatoms. The van der Waals surface area contributed by atoms with Gasteiger partial charge in [-0.3, -0.25) is 14.6 Å². The van der Waals surface area contributed by atoms with Gasteiger partial charge in [0, 0.05) is 55.9 Å². The van der Waals surface area contributed by atoms with Crippen molar-refractivity contribution in [1.29, 1.82) is 0 Å². The standard InChI is InChI=1S/C25H28ClN3O4/c1-33-24(32)19-6-3-5-18(9-19)23(31)28-12-21-10-22(30)13-29(21)25(16-28)14-27(15-25)11-17-4-2-7-20(26)8-17/h2-9,21-22,30H,10-16H2,1H3. The lowest BCUT2D eigenvalue weighted by Gasteiger charge is -2.61. The minimum atomic E-state index is -0.458. The van der Waals surface area contributed by atoms with E-state index in [0.29, 0.717) is 37.2 Å². The van der Waals surface area contributed by atoms with E-state index in [-0.39, 0.29) is 23.6 Å². The highest BCUT2D eigenvalue weighted by Gasteiger charge is 2.56. The van der Waals surface area contributed by atoms with Crippen LogP contribution in [0.5, 0.6) is 0 Å². The van der Waals surface area contributed by atoms with E-state index in [1.165, 1.54) is 12.7 Å². The number of hydrogen-bond donors (Lipinski definition) is 1. The Kier molecular flexibility index (Phi) is 5.91. The Bertz CT molecular complexity index is 1070. The van der Waals surface area contributed by atoms with Crippen molar-refractivity contribution in [3.05, 3.63) is 70.2 Å². The van der Waals surface area contributed by atoms with Crippen LogP contribution in [0.3, 0.4) is 0 Å². The molecule has 2 unspecified atom stereocenters. The van der Waals surface area contributed by atoms with Crippen LogP contribution >= 0.6 is 11.6 Å². The third-order valence-electron chi connectivity index (χ3n) is 7.07. The first-order valence-corrected chi connectivity index (χ1v) is 11.6. The van der Waals surface area contributed by atoms with Crippen LogP contribution in [0.4, 0.5) is 0 Å². The van der Waals surface area contributed by atoms with Crippen LogP contribution < -0.4 is 0 Å². The number of β-amino-alcohol motifs (C(OH)–C–C–N with tert-alkyl or cyclic N) is 1. The summed E-state index contributed by atoms with van der Waals surface area (Å²) in [6.45, 7) is 4.29. The number of aliphatic hydroxyl groups excluding tert-OH is 1. The molecule has 3 aliphatic rings. The largest absolute Gasteiger partial charge is 0.465 e. The Balaban J connectivity index is 1.34. The van der Waals surface area contributed by atoms with Crippen molar-refractivity contribution < 1.29 is 19.4 Å². The number of fused-ring (bicyclic) bond motifs is 2. The summed E-state index contributed by atoms with van der Waals surface area (Å²) in [6.07, 6.45) is 0.300. The van der Waals surface area contributed by atoms with E-state index in [9.17, 15) is 14.7 Å². The summed E-state index contributed by atoms with van der Waals surface area (Å²) in [7, 11) is 1.33. The van der Waals surface area contributed by atoms with Crippen LogP contribution in [0, 0.1) is 0 Å². The van der Waals surface area contributed by atoms with Gasteiger partial charge in [0.2, 0.25) is 0 Å². The predicted octanol–water partition coefficient (Wildman–Crippen LogP) is 2.27. The van der Waals surface area contributed by atoms with Gasteiger partial charge in [-0.2, -0.15) is 0 Å². The zero-order valence-corrected chi connectivity index (χ0v) is 19.4. The number of piperazine rings is 1. The Morgan fingerprint density at radius 2 is 1.85 bits per heavy atom. The monoisotopic (exact) mass is 469 g/mol. The molecular formula is C25H28ClN3O4. The summed E-state index contributed by atoms with van der Waals surface area (Å²) in [6, 6.07) is 14.7. The molecule has 2 aromatic carbocycles. The molecule has 0 bridgehead atoms. The third kappa shape index (κ3) is 4.26.